The van der Waals surface area contributed by atoms with E-state index in [9.17, 15) is 4.79 Å². The Bertz CT molecular complexity index is 628. The summed E-state index contributed by atoms with van der Waals surface area (Å²) in [5, 5.41) is 0. The molecule has 1 fully saturated rings. The number of likely N-dealkylation sites (tertiary alicyclic amines) is 1. The lowest BCUT2D eigenvalue weighted by atomic mass is 9.97. The van der Waals surface area contributed by atoms with Crippen molar-refractivity contribution >= 4 is 17.8 Å². The maximum absolute atomic E-state index is 11.4. The number of aromatic nitrogens is 2. The molecular weight excluding hydrogens is 264 g/mol. The molecule has 3 heterocycles. The van der Waals surface area contributed by atoms with Crippen LogP contribution in [0.2, 0.25) is 0 Å². The number of pyridine rings is 1. The number of carbonyl (C=O) groups is 1. The number of hydrogen-bond donors (Lipinski definition) is 0. The van der Waals surface area contributed by atoms with Gasteiger partial charge in [-0.1, -0.05) is 6.07 Å². The molecule has 112 valence electrons. The number of piperidine rings is 1. The van der Waals surface area contributed by atoms with E-state index in [2.05, 4.69) is 21.8 Å². The summed E-state index contributed by atoms with van der Waals surface area (Å²) in [5.74, 6) is 1.46. The molecule has 2 aromatic heterocycles. The SMILES string of the molecule is CN1CCC(CN(C)c2nc3ccccn3c2C=O)CC1. The molecule has 0 atom stereocenters. The molecule has 0 N–H and O–H groups in total. The van der Waals surface area contributed by atoms with Crippen molar-refractivity contribution in [1.82, 2.24) is 14.3 Å². The van der Waals surface area contributed by atoms with Gasteiger partial charge in [0.25, 0.3) is 0 Å². The summed E-state index contributed by atoms with van der Waals surface area (Å²) in [6, 6.07) is 5.79. The number of hydrogen-bond acceptors (Lipinski definition) is 4. The lowest BCUT2D eigenvalue weighted by molar-refractivity contribution is 0.111. The molecule has 0 aromatic carbocycles. The first-order valence-electron chi connectivity index (χ1n) is 7.51. The van der Waals surface area contributed by atoms with Gasteiger partial charge in [-0.05, 0) is 51.0 Å². The second-order valence-electron chi connectivity index (χ2n) is 5.99. The number of carbonyl (C=O) groups excluding carboxylic acids is 1. The minimum atomic E-state index is 0.640. The van der Waals surface area contributed by atoms with Gasteiger partial charge in [-0.15, -0.1) is 0 Å². The first kappa shape index (κ1) is 14.1. The van der Waals surface area contributed by atoms with E-state index in [0.29, 0.717) is 11.6 Å². The first-order valence-corrected chi connectivity index (χ1v) is 7.51. The predicted octanol–water partition coefficient (Wildman–Crippen LogP) is 1.92. The van der Waals surface area contributed by atoms with Crippen molar-refractivity contribution < 1.29 is 4.79 Å². The number of rotatable bonds is 4. The van der Waals surface area contributed by atoms with E-state index in [4.69, 9.17) is 0 Å². The molecule has 3 rings (SSSR count). The fourth-order valence-electron chi connectivity index (χ4n) is 3.11. The molecule has 0 amide bonds. The zero-order valence-corrected chi connectivity index (χ0v) is 12.7. The van der Waals surface area contributed by atoms with Crippen molar-refractivity contribution in [2.45, 2.75) is 12.8 Å². The quantitative estimate of drug-likeness (QED) is 0.805. The highest BCUT2D eigenvalue weighted by atomic mass is 16.1. The normalized spacial score (nSPS) is 17.2. The van der Waals surface area contributed by atoms with Crippen molar-refractivity contribution in [3.63, 3.8) is 0 Å². The highest BCUT2D eigenvalue weighted by molar-refractivity contribution is 5.83. The van der Waals surface area contributed by atoms with Gasteiger partial charge >= 0.3 is 0 Å². The van der Waals surface area contributed by atoms with Gasteiger partial charge in [0, 0.05) is 19.8 Å². The Morgan fingerprint density at radius 2 is 2.14 bits per heavy atom. The summed E-state index contributed by atoms with van der Waals surface area (Å²) in [6.45, 7) is 3.27. The van der Waals surface area contributed by atoms with Gasteiger partial charge in [-0.25, -0.2) is 4.98 Å². The standard InChI is InChI=1S/C16H22N4O/c1-18-9-6-13(7-10-18)11-19(2)16-14(12-21)20-8-4-3-5-15(20)17-16/h3-5,8,12-13H,6-7,9-11H2,1-2H3. The minimum Gasteiger partial charge on any atom is -0.357 e. The van der Waals surface area contributed by atoms with E-state index in [1.807, 2.05) is 35.8 Å². The second kappa shape index (κ2) is 5.85. The molecule has 0 saturated carbocycles. The topological polar surface area (TPSA) is 40.9 Å². The van der Waals surface area contributed by atoms with Crippen LogP contribution in [-0.2, 0) is 0 Å². The van der Waals surface area contributed by atoms with E-state index in [0.717, 1.165) is 37.4 Å². The van der Waals surface area contributed by atoms with Crippen molar-refractivity contribution in [3.8, 4) is 0 Å². The first-order chi connectivity index (χ1) is 10.2. The molecule has 5 nitrogen and oxygen atoms in total. The van der Waals surface area contributed by atoms with Crippen LogP contribution in [0.1, 0.15) is 23.3 Å². The van der Waals surface area contributed by atoms with Crippen LogP contribution in [0.25, 0.3) is 5.65 Å². The molecule has 1 aliphatic rings. The number of aldehydes is 1. The highest BCUT2D eigenvalue weighted by Crippen LogP contribution is 2.23. The fraction of sp³-hybridized carbons (Fsp3) is 0.500. The molecule has 5 heteroatoms. The summed E-state index contributed by atoms with van der Waals surface area (Å²) in [7, 11) is 4.21. The van der Waals surface area contributed by atoms with Gasteiger partial charge in [0.2, 0.25) is 0 Å². The van der Waals surface area contributed by atoms with Crippen LogP contribution in [0.4, 0.5) is 5.82 Å². The third-order valence-corrected chi connectivity index (χ3v) is 4.39. The van der Waals surface area contributed by atoms with Crippen LogP contribution < -0.4 is 4.90 Å². The Hall–Kier alpha value is -1.88. The molecule has 1 saturated heterocycles. The van der Waals surface area contributed by atoms with E-state index in [1.165, 1.54) is 12.8 Å². The summed E-state index contributed by atoms with van der Waals surface area (Å²) < 4.78 is 1.85. The monoisotopic (exact) mass is 286 g/mol. The minimum absolute atomic E-state index is 0.640. The van der Waals surface area contributed by atoms with E-state index in [-0.39, 0.29) is 0 Å². The maximum atomic E-state index is 11.4. The van der Waals surface area contributed by atoms with Gasteiger partial charge in [0.05, 0.1) is 0 Å². The third-order valence-electron chi connectivity index (χ3n) is 4.39. The largest absolute Gasteiger partial charge is 0.357 e. The molecule has 0 radical (unpaired) electrons. The van der Waals surface area contributed by atoms with Crippen molar-refractivity contribution in [3.05, 3.63) is 30.1 Å². The van der Waals surface area contributed by atoms with Gasteiger partial charge < -0.3 is 9.80 Å². The zero-order chi connectivity index (χ0) is 14.8. The van der Waals surface area contributed by atoms with Crippen LogP contribution in [0, 0.1) is 5.92 Å². The lowest BCUT2D eigenvalue weighted by Crippen LogP contribution is -2.36. The Morgan fingerprint density at radius 1 is 1.38 bits per heavy atom. The number of anilines is 1. The lowest BCUT2D eigenvalue weighted by Gasteiger charge is -2.31. The second-order valence-corrected chi connectivity index (χ2v) is 5.99. The molecule has 0 bridgehead atoms. The number of nitrogens with zero attached hydrogens (tertiary/aromatic N) is 4. The Labute approximate surface area is 125 Å². The fourth-order valence-corrected chi connectivity index (χ4v) is 3.11. The Morgan fingerprint density at radius 3 is 2.86 bits per heavy atom. The molecule has 2 aromatic rings. The van der Waals surface area contributed by atoms with Gasteiger partial charge in [-0.3, -0.25) is 9.20 Å². The van der Waals surface area contributed by atoms with Gasteiger partial charge in [0.1, 0.15) is 11.3 Å². The summed E-state index contributed by atoms with van der Waals surface area (Å²) in [4.78, 5) is 20.6. The zero-order valence-electron chi connectivity index (χ0n) is 12.7. The van der Waals surface area contributed by atoms with Crippen LogP contribution in [0.3, 0.4) is 0 Å². The smallest absolute Gasteiger partial charge is 0.170 e. The third kappa shape index (κ3) is 2.78. The summed E-state index contributed by atoms with van der Waals surface area (Å²) in [6.07, 6.45) is 5.22. The van der Waals surface area contributed by atoms with Gasteiger partial charge in [-0.2, -0.15) is 0 Å². The van der Waals surface area contributed by atoms with E-state index in [1.54, 1.807) is 0 Å². The molecule has 1 aliphatic heterocycles. The van der Waals surface area contributed by atoms with Crippen molar-refractivity contribution in [2.75, 3.05) is 38.6 Å². The molecule has 0 spiro atoms. The summed E-state index contributed by atoms with van der Waals surface area (Å²) >= 11 is 0. The van der Waals surface area contributed by atoms with E-state index < -0.39 is 0 Å². The molecule has 0 aliphatic carbocycles. The molecule has 0 unspecified atom stereocenters. The van der Waals surface area contributed by atoms with Crippen molar-refractivity contribution in [2.24, 2.45) is 5.92 Å². The van der Waals surface area contributed by atoms with Crippen LogP contribution >= 0.6 is 0 Å². The Balaban J connectivity index is 1.81. The predicted molar refractivity (Wildman–Crippen MR) is 84.1 cm³/mol. The Kier molecular flexibility index (Phi) is 3.92. The van der Waals surface area contributed by atoms with Crippen LogP contribution in [0.15, 0.2) is 24.4 Å². The highest BCUT2D eigenvalue weighted by Gasteiger charge is 2.21. The number of fused-ring (bicyclic) bond motifs is 1. The maximum Gasteiger partial charge on any atom is 0.170 e. The van der Waals surface area contributed by atoms with Crippen LogP contribution in [-0.4, -0.2) is 54.3 Å². The summed E-state index contributed by atoms with van der Waals surface area (Å²) in [5.41, 5.74) is 1.46. The van der Waals surface area contributed by atoms with Gasteiger partial charge in [0.15, 0.2) is 12.1 Å². The molecule has 21 heavy (non-hydrogen) atoms. The van der Waals surface area contributed by atoms with Crippen LogP contribution in [0.5, 0.6) is 0 Å². The average molecular weight is 286 g/mol. The number of imidazole rings is 1. The molecular formula is C16H22N4O. The average Bonchev–Trinajstić information content (AvgIpc) is 2.88. The van der Waals surface area contributed by atoms with Crippen molar-refractivity contribution in [1.29, 1.82) is 0 Å². The van der Waals surface area contributed by atoms with E-state index >= 15 is 0 Å².